The summed E-state index contributed by atoms with van der Waals surface area (Å²) in [5.74, 6) is -0.688. The van der Waals surface area contributed by atoms with Crippen LogP contribution in [0.1, 0.15) is 35.5 Å². The van der Waals surface area contributed by atoms with E-state index in [1.807, 2.05) is 13.8 Å². The number of carboxylic acids is 1. The molecular weight excluding hydrogens is 234 g/mol. The molecule has 0 saturated heterocycles. The highest BCUT2D eigenvalue weighted by Crippen LogP contribution is 2.20. The lowest BCUT2D eigenvalue weighted by molar-refractivity contribution is 0.0696. The topological polar surface area (TPSA) is 95.3 Å². The minimum atomic E-state index is -1.05. The summed E-state index contributed by atoms with van der Waals surface area (Å²) in [4.78, 5) is 11.3. The van der Waals surface area contributed by atoms with E-state index in [0.717, 1.165) is 0 Å². The molecule has 1 rings (SSSR count). The van der Waals surface area contributed by atoms with Gasteiger partial charge in [0, 0.05) is 0 Å². The van der Waals surface area contributed by atoms with Crippen LogP contribution in [0.15, 0.2) is 0 Å². The van der Waals surface area contributed by atoms with Crippen molar-refractivity contribution in [3.63, 3.8) is 0 Å². The lowest BCUT2D eigenvalue weighted by Gasteiger charge is -2.21. The molecule has 6 nitrogen and oxygen atoms in total. The molecule has 100 valence electrons. The van der Waals surface area contributed by atoms with Crippen LogP contribution in [-0.4, -0.2) is 39.0 Å². The third-order valence-corrected chi connectivity index (χ3v) is 2.99. The lowest BCUT2D eigenvalue weighted by atomic mass is 10.0. The fourth-order valence-corrected chi connectivity index (χ4v) is 1.57. The second kappa shape index (κ2) is 5.77. The molecule has 0 aliphatic carbocycles. The standard InChI is InChI=1S/C12H19N3O3/c1-6(2)9(5-16)13-11-10(12(17)18)7(3)8(4)14-15-11/h6,9,16H,5H2,1-4H3,(H,13,15)(H,17,18)/t9-/m1/s1. The van der Waals surface area contributed by atoms with E-state index in [2.05, 4.69) is 15.5 Å². The summed E-state index contributed by atoms with van der Waals surface area (Å²) in [7, 11) is 0. The number of aliphatic hydroxyl groups is 1. The van der Waals surface area contributed by atoms with Crippen molar-refractivity contribution in [2.45, 2.75) is 33.7 Å². The molecule has 0 aromatic carbocycles. The Balaban J connectivity index is 3.16. The first-order valence-electron chi connectivity index (χ1n) is 5.83. The predicted octanol–water partition coefficient (Wildman–Crippen LogP) is 1.22. The number of aryl methyl sites for hydroxylation is 1. The molecule has 1 aromatic heterocycles. The Morgan fingerprint density at radius 2 is 1.94 bits per heavy atom. The van der Waals surface area contributed by atoms with Crippen LogP contribution in [0.2, 0.25) is 0 Å². The summed E-state index contributed by atoms with van der Waals surface area (Å²) >= 11 is 0. The number of carbonyl (C=O) groups is 1. The Hall–Kier alpha value is -1.69. The zero-order chi connectivity index (χ0) is 13.9. The minimum absolute atomic E-state index is 0.0919. The summed E-state index contributed by atoms with van der Waals surface area (Å²) in [5, 5.41) is 29.2. The van der Waals surface area contributed by atoms with Gasteiger partial charge in [-0.1, -0.05) is 13.8 Å². The number of anilines is 1. The van der Waals surface area contributed by atoms with Gasteiger partial charge in [-0.15, -0.1) is 5.10 Å². The van der Waals surface area contributed by atoms with E-state index in [4.69, 9.17) is 0 Å². The Kier molecular flexibility index (Phi) is 4.61. The zero-order valence-corrected chi connectivity index (χ0v) is 11.1. The number of aliphatic hydroxyl groups excluding tert-OH is 1. The highest BCUT2D eigenvalue weighted by Gasteiger charge is 2.21. The van der Waals surface area contributed by atoms with Crippen LogP contribution >= 0.6 is 0 Å². The van der Waals surface area contributed by atoms with Gasteiger partial charge in [0.1, 0.15) is 5.56 Å². The van der Waals surface area contributed by atoms with Gasteiger partial charge in [-0.05, 0) is 25.3 Å². The second-order valence-electron chi connectivity index (χ2n) is 4.62. The number of hydrogen-bond donors (Lipinski definition) is 3. The molecule has 1 atom stereocenters. The number of aromatic nitrogens is 2. The third-order valence-electron chi connectivity index (χ3n) is 2.99. The molecule has 0 bridgehead atoms. The molecule has 0 radical (unpaired) electrons. The molecule has 6 heteroatoms. The molecule has 18 heavy (non-hydrogen) atoms. The van der Waals surface area contributed by atoms with Crippen LogP contribution in [0.5, 0.6) is 0 Å². The molecule has 0 aliphatic rings. The Morgan fingerprint density at radius 1 is 1.33 bits per heavy atom. The molecule has 0 saturated carbocycles. The van der Waals surface area contributed by atoms with Crippen molar-refractivity contribution in [3.05, 3.63) is 16.8 Å². The van der Waals surface area contributed by atoms with Crippen molar-refractivity contribution in [3.8, 4) is 0 Å². The number of nitrogens with one attached hydrogen (secondary N) is 1. The summed E-state index contributed by atoms with van der Waals surface area (Å²) in [6.07, 6.45) is 0. The van der Waals surface area contributed by atoms with Crippen molar-refractivity contribution in [2.75, 3.05) is 11.9 Å². The second-order valence-corrected chi connectivity index (χ2v) is 4.62. The first-order valence-corrected chi connectivity index (χ1v) is 5.83. The lowest BCUT2D eigenvalue weighted by Crippen LogP contribution is -2.31. The molecule has 1 aromatic rings. The summed E-state index contributed by atoms with van der Waals surface area (Å²) in [5.41, 5.74) is 1.28. The smallest absolute Gasteiger partial charge is 0.339 e. The van der Waals surface area contributed by atoms with Crippen LogP contribution in [0.25, 0.3) is 0 Å². The van der Waals surface area contributed by atoms with E-state index in [1.165, 1.54) is 0 Å². The maximum absolute atomic E-state index is 11.3. The van der Waals surface area contributed by atoms with Crippen molar-refractivity contribution < 1.29 is 15.0 Å². The Bertz CT molecular complexity index is 446. The number of hydrogen-bond acceptors (Lipinski definition) is 5. The van der Waals surface area contributed by atoms with E-state index >= 15 is 0 Å². The van der Waals surface area contributed by atoms with Gasteiger partial charge in [-0.25, -0.2) is 4.79 Å². The van der Waals surface area contributed by atoms with E-state index < -0.39 is 5.97 Å². The fraction of sp³-hybridized carbons (Fsp3) is 0.583. The number of carboxylic acid groups (broad SMARTS) is 1. The van der Waals surface area contributed by atoms with Crippen LogP contribution in [0.4, 0.5) is 5.82 Å². The first-order chi connectivity index (χ1) is 8.38. The van der Waals surface area contributed by atoms with Gasteiger partial charge < -0.3 is 15.5 Å². The van der Waals surface area contributed by atoms with Gasteiger partial charge in [0.05, 0.1) is 18.3 Å². The summed E-state index contributed by atoms with van der Waals surface area (Å²) < 4.78 is 0. The summed E-state index contributed by atoms with van der Waals surface area (Å²) in [6.45, 7) is 7.18. The minimum Gasteiger partial charge on any atom is -0.478 e. The molecule has 1 heterocycles. The van der Waals surface area contributed by atoms with Crippen LogP contribution in [0, 0.1) is 19.8 Å². The van der Waals surface area contributed by atoms with Gasteiger partial charge >= 0.3 is 5.97 Å². The van der Waals surface area contributed by atoms with E-state index in [1.54, 1.807) is 13.8 Å². The van der Waals surface area contributed by atoms with E-state index in [-0.39, 0.29) is 29.9 Å². The number of nitrogens with zero attached hydrogens (tertiary/aromatic N) is 2. The SMILES string of the molecule is Cc1nnc(N[C@H](CO)C(C)C)c(C(=O)O)c1C. The average Bonchev–Trinajstić information content (AvgIpc) is 2.29. The number of rotatable bonds is 5. The maximum Gasteiger partial charge on any atom is 0.339 e. The average molecular weight is 253 g/mol. The van der Waals surface area contributed by atoms with Crippen molar-refractivity contribution in [2.24, 2.45) is 5.92 Å². The highest BCUT2D eigenvalue weighted by molar-refractivity contribution is 5.94. The molecule has 0 fully saturated rings. The molecule has 0 spiro atoms. The molecule has 0 amide bonds. The molecule has 3 N–H and O–H groups in total. The van der Waals surface area contributed by atoms with Crippen LogP contribution in [0.3, 0.4) is 0 Å². The van der Waals surface area contributed by atoms with Gasteiger partial charge in [0.25, 0.3) is 0 Å². The molecule has 0 aliphatic heterocycles. The monoisotopic (exact) mass is 253 g/mol. The van der Waals surface area contributed by atoms with Gasteiger partial charge in [0.2, 0.25) is 0 Å². The fourth-order valence-electron chi connectivity index (χ4n) is 1.57. The Morgan fingerprint density at radius 3 is 2.39 bits per heavy atom. The van der Waals surface area contributed by atoms with Gasteiger partial charge in [-0.2, -0.15) is 5.10 Å². The predicted molar refractivity (Wildman–Crippen MR) is 67.8 cm³/mol. The third kappa shape index (κ3) is 2.95. The normalized spacial score (nSPS) is 12.6. The zero-order valence-electron chi connectivity index (χ0n) is 11.1. The van der Waals surface area contributed by atoms with E-state index in [9.17, 15) is 15.0 Å². The number of aromatic carboxylic acids is 1. The Labute approximate surface area is 106 Å². The van der Waals surface area contributed by atoms with E-state index in [0.29, 0.717) is 11.3 Å². The first kappa shape index (κ1) is 14.4. The van der Waals surface area contributed by atoms with Crippen LogP contribution < -0.4 is 5.32 Å². The molecular formula is C12H19N3O3. The summed E-state index contributed by atoms with van der Waals surface area (Å²) in [6, 6.07) is -0.250. The van der Waals surface area contributed by atoms with Crippen molar-refractivity contribution in [1.29, 1.82) is 0 Å². The maximum atomic E-state index is 11.3. The van der Waals surface area contributed by atoms with Crippen LogP contribution in [-0.2, 0) is 0 Å². The largest absolute Gasteiger partial charge is 0.478 e. The van der Waals surface area contributed by atoms with Crippen molar-refractivity contribution in [1.82, 2.24) is 10.2 Å². The highest BCUT2D eigenvalue weighted by atomic mass is 16.4. The molecule has 0 unspecified atom stereocenters. The van der Waals surface area contributed by atoms with Gasteiger partial charge in [-0.3, -0.25) is 0 Å². The van der Waals surface area contributed by atoms with Gasteiger partial charge in [0.15, 0.2) is 5.82 Å². The quantitative estimate of drug-likeness (QED) is 0.730. The van der Waals surface area contributed by atoms with Crippen molar-refractivity contribution >= 4 is 11.8 Å².